The lowest BCUT2D eigenvalue weighted by molar-refractivity contribution is 0.523. The van der Waals surface area contributed by atoms with Crippen molar-refractivity contribution in [2.24, 2.45) is 11.8 Å². The van der Waals surface area contributed by atoms with Gasteiger partial charge >= 0.3 is 0 Å². The second-order valence-corrected chi connectivity index (χ2v) is 4.06. The average molecular weight is 179 g/mol. The number of nitrogens with two attached hydrogens (primary N) is 1. The summed E-state index contributed by atoms with van der Waals surface area (Å²) in [5.41, 5.74) is 7.49. The molecule has 1 aliphatic rings. The number of anilines is 1. The van der Waals surface area contributed by atoms with E-state index in [0.717, 1.165) is 29.8 Å². The lowest BCUT2D eigenvalue weighted by atomic mass is 10.2. The van der Waals surface area contributed by atoms with Crippen molar-refractivity contribution < 1.29 is 0 Å². The first-order chi connectivity index (χ1) is 6.20. The molecular formula is C10H17N3. The van der Waals surface area contributed by atoms with Crippen LogP contribution < -0.4 is 5.73 Å². The predicted octanol–water partition coefficient (Wildman–Crippen LogP) is 1.82. The summed E-state index contributed by atoms with van der Waals surface area (Å²) >= 11 is 0. The molecule has 3 nitrogen and oxygen atoms in total. The highest BCUT2D eigenvalue weighted by atomic mass is 15.3. The van der Waals surface area contributed by atoms with Crippen LogP contribution in [0.1, 0.15) is 25.5 Å². The van der Waals surface area contributed by atoms with Crippen molar-refractivity contribution in [3.63, 3.8) is 0 Å². The molecule has 0 bridgehead atoms. The minimum absolute atomic E-state index is 0.814. The quantitative estimate of drug-likeness (QED) is 0.769. The summed E-state index contributed by atoms with van der Waals surface area (Å²) in [6.07, 6.45) is 4.62. The van der Waals surface area contributed by atoms with E-state index in [9.17, 15) is 0 Å². The van der Waals surface area contributed by atoms with E-state index in [1.807, 2.05) is 17.8 Å². The van der Waals surface area contributed by atoms with Crippen LogP contribution in [0.5, 0.6) is 0 Å². The van der Waals surface area contributed by atoms with Gasteiger partial charge in [-0.05, 0) is 25.2 Å². The van der Waals surface area contributed by atoms with Crippen LogP contribution >= 0.6 is 0 Å². The fraction of sp³-hybridized carbons (Fsp3) is 0.700. The summed E-state index contributed by atoms with van der Waals surface area (Å²) < 4.78 is 1.99. The lowest BCUT2D eigenvalue weighted by Gasteiger charge is -1.98. The molecule has 2 unspecified atom stereocenters. The van der Waals surface area contributed by atoms with Crippen molar-refractivity contribution in [1.82, 2.24) is 9.78 Å². The second kappa shape index (κ2) is 3.05. The lowest BCUT2D eigenvalue weighted by Crippen LogP contribution is -2.01. The molecule has 1 aromatic rings. The van der Waals surface area contributed by atoms with Gasteiger partial charge in [-0.15, -0.1) is 0 Å². The standard InChI is InChI=1S/C10H17N3/c1-3-8-4-9(8)5-13-6-10(11)7(2)12-13/h6,8-9H,3-5,11H2,1-2H3. The molecule has 0 aliphatic heterocycles. The molecule has 1 heterocycles. The number of nitrogens with zero attached hydrogens (tertiary/aromatic N) is 2. The van der Waals surface area contributed by atoms with Crippen molar-refractivity contribution in [2.75, 3.05) is 5.73 Å². The van der Waals surface area contributed by atoms with Gasteiger partial charge in [-0.2, -0.15) is 5.10 Å². The van der Waals surface area contributed by atoms with Gasteiger partial charge in [-0.1, -0.05) is 13.3 Å². The van der Waals surface area contributed by atoms with Gasteiger partial charge in [0, 0.05) is 12.7 Å². The fourth-order valence-corrected chi connectivity index (χ4v) is 1.90. The fourth-order valence-electron chi connectivity index (χ4n) is 1.90. The van der Waals surface area contributed by atoms with Crippen LogP contribution in [0, 0.1) is 18.8 Å². The average Bonchev–Trinajstić information content (AvgIpc) is 2.75. The maximum absolute atomic E-state index is 5.72. The van der Waals surface area contributed by atoms with E-state index in [0.29, 0.717) is 0 Å². The Morgan fingerprint density at radius 1 is 1.62 bits per heavy atom. The SMILES string of the molecule is CCC1CC1Cn1cc(N)c(C)n1. The Bertz CT molecular complexity index is 284. The van der Waals surface area contributed by atoms with Gasteiger partial charge in [-0.3, -0.25) is 4.68 Å². The van der Waals surface area contributed by atoms with E-state index in [4.69, 9.17) is 5.73 Å². The van der Waals surface area contributed by atoms with E-state index in [-0.39, 0.29) is 0 Å². The molecule has 1 saturated carbocycles. The largest absolute Gasteiger partial charge is 0.396 e. The highest BCUT2D eigenvalue weighted by Gasteiger charge is 2.35. The van der Waals surface area contributed by atoms with Gasteiger partial charge < -0.3 is 5.73 Å². The maximum atomic E-state index is 5.72. The van der Waals surface area contributed by atoms with Crippen LogP contribution in [0.2, 0.25) is 0 Å². The Hall–Kier alpha value is -0.990. The van der Waals surface area contributed by atoms with Gasteiger partial charge in [0.15, 0.2) is 0 Å². The van der Waals surface area contributed by atoms with Crippen LogP contribution in [-0.4, -0.2) is 9.78 Å². The molecule has 0 radical (unpaired) electrons. The summed E-state index contributed by atoms with van der Waals surface area (Å²) in [5, 5.41) is 4.35. The number of nitrogen functional groups attached to an aromatic ring is 1. The Kier molecular flexibility index (Phi) is 2.02. The zero-order chi connectivity index (χ0) is 9.42. The van der Waals surface area contributed by atoms with Crippen molar-refractivity contribution in [3.05, 3.63) is 11.9 Å². The summed E-state index contributed by atoms with van der Waals surface area (Å²) in [6.45, 7) is 5.26. The van der Waals surface area contributed by atoms with E-state index < -0.39 is 0 Å². The van der Waals surface area contributed by atoms with E-state index in [1.54, 1.807) is 0 Å². The van der Waals surface area contributed by atoms with Gasteiger partial charge in [0.2, 0.25) is 0 Å². The summed E-state index contributed by atoms with van der Waals surface area (Å²) in [4.78, 5) is 0. The minimum Gasteiger partial charge on any atom is -0.396 e. The molecule has 2 N–H and O–H groups in total. The summed E-state index contributed by atoms with van der Waals surface area (Å²) in [7, 11) is 0. The third-order valence-electron chi connectivity index (χ3n) is 3.00. The topological polar surface area (TPSA) is 43.8 Å². The first-order valence-corrected chi connectivity index (χ1v) is 5.00. The smallest absolute Gasteiger partial charge is 0.0822 e. The molecule has 2 rings (SSSR count). The normalized spacial score (nSPS) is 26.3. The van der Waals surface area contributed by atoms with Crippen LogP contribution in [-0.2, 0) is 6.54 Å². The molecular weight excluding hydrogens is 162 g/mol. The zero-order valence-electron chi connectivity index (χ0n) is 8.33. The van der Waals surface area contributed by atoms with Crippen LogP contribution in [0.15, 0.2) is 6.20 Å². The third-order valence-corrected chi connectivity index (χ3v) is 3.00. The van der Waals surface area contributed by atoms with Gasteiger partial charge in [-0.25, -0.2) is 0 Å². The van der Waals surface area contributed by atoms with Crippen molar-refractivity contribution >= 4 is 5.69 Å². The number of aryl methyl sites for hydroxylation is 1. The number of rotatable bonds is 3. The molecule has 3 heteroatoms. The van der Waals surface area contributed by atoms with Gasteiger partial charge in [0.05, 0.1) is 11.4 Å². The third kappa shape index (κ3) is 1.69. The Morgan fingerprint density at radius 3 is 2.85 bits per heavy atom. The van der Waals surface area contributed by atoms with Crippen LogP contribution in [0.25, 0.3) is 0 Å². The molecule has 0 saturated heterocycles. The second-order valence-electron chi connectivity index (χ2n) is 4.06. The van der Waals surface area contributed by atoms with E-state index in [1.165, 1.54) is 12.8 Å². The highest BCUT2D eigenvalue weighted by Crippen LogP contribution is 2.42. The van der Waals surface area contributed by atoms with Gasteiger partial charge in [0.1, 0.15) is 0 Å². The van der Waals surface area contributed by atoms with Crippen molar-refractivity contribution in [1.29, 1.82) is 0 Å². The first kappa shape index (κ1) is 8.60. The predicted molar refractivity (Wildman–Crippen MR) is 53.3 cm³/mol. The molecule has 0 spiro atoms. The van der Waals surface area contributed by atoms with Gasteiger partial charge in [0.25, 0.3) is 0 Å². The monoisotopic (exact) mass is 179 g/mol. The number of hydrogen-bond donors (Lipinski definition) is 1. The minimum atomic E-state index is 0.814. The summed E-state index contributed by atoms with van der Waals surface area (Å²) in [6, 6.07) is 0. The van der Waals surface area contributed by atoms with E-state index in [2.05, 4.69) is 12.0 Å². The number of aromatic nitrogens is 2. The molecule has 13 heavy (non-hydrogen) atoms. The Labute approximate surface area is 78.9 Å². The van der Waals surface area contributed by atoms with Crippen molar-refractivity contribution in [2.45, 2.75) is 33.2 Å². The zero-order valence-corrected chi connectivity index (χ0v) is 8.33. The molecule has 72 valence electrons. The molecule has 1 fully saturated rings. The highest BCUT2D eigenvalue weighted by molar-refractivity contribution is 5.39. The molecule has 1 aliphatic carbocycles. The van der Waals surface area contributed by atoms with E-state index >= 15 is 0 Å². The summed E-state index contributed by atoms with van der Waals surface area (Å²) in [5.74, 6) is 1.79. The Morgan fingerprint density at radius 2 is 2.38 bits per heavy atom. The van der Waals surface area contributed by atoms with Crippen molar-refractivity contribution in [3.8, 4) is 0 Å². The molecule has 1 aromatic heterocycles. The molecule has 0 aromatic carbocycles. The molecule has 2 atom stereocenters. The Balaban J connectivity index is 1.95. The number of hydrogen-bond acceptors (Lipinski definition) is 2. The van der Waals surface area contributed by atoms with Crippen LogP contribution in [0.3, 0.4) is 0 Å². The molecule has 0 amide bonds. The maximum Gasteiger partial charge on any atom is 0.0822 e. The van der Waals surface area contributed by atoms with Crippen LogP contribution in [0.4, 0.5) is 5.69 Å². The first-order valence-electron chi connectivity index (χ1n) is 5.00.